The average Bonchev–Trinajstić information content (AvgIpc) is 3.07. The Morgan fingerprint density at radius 2 is 2.23 bits per heavy atom. The molecule has 116 valence electrons. The molecule has 1 aromatic heterocycles. The fourth-order valence-corrected chi connectivity index (χ4v) is 2.64. The maximum absolute atomic E-state index is 12.1. The van der Waals surface area contributed by atoms with Gasteiger partial charge in [0.1, 0.15) is 5.75 Å². The molecule has 22 heavy (non-hydrogen) atoms. The third-order valence-corrected chi connectivity index (χ3v) is 3.83. The van der Waals surface area contributed by atoms with Gasteiger partial charge in [-0.3, -0.25) is 4.79 Å². The molecule has 0 N–H and O–H groups in total. The number of hydrogen-bond donors (Lipinski definition) is 0. The highest BCUT2D eigenvalue weighted by atomic mass is 16.5. The number of hydrogen-bond acceptors (Lipinski definition) is 5. The molecule has 0 radical (unpaired) electrons. The van der Waals surface area contributed by atoms with Gasteiger partial charge in [0.05, 0.1) is 0 Å². The molecule has 1 amide bonds. The summed E-state index contributed by atoms with van der Waals surface area (Å²) in [6, 6.07) is 7.25. The predicted molar refractivity (Wildman–Crippen MR) is 80.2 cm³/mol. The number of carbonyl (C=O) groups excluding carboxylic acids is 1. The lowest BCUT2D eigenvalue weighted by Gasteiger charge is -2.30. The topological polar surface area (TPSA) is 68.5 Å². The largest absolute Gasteiger partial charge is 0.484 e. The second kappa shape index (κ2) is 6.60. The van der Waals surface area contributed by atoms with E-state index in [1.807, 2.05) is 17.0 Å². The van der Waals surface area contributed by atoms with Crippen LogP contribution in [0.1, 0.15) is 19.8 Å². The number of benzene rings is 1. The Kier molecular flexibility index (Phi) is 4.37. The summed E-state index contributed by atoms with van der Waals surface area (Å²) in [5, 5.41) is 7.48. The molecular formula is C16H19N3O3. The quantitative estimate of drug-likeness (QED) is 0.867. The Bertz CT molecular complexity index is 610. The molecule has 0 spiro atoms. The van der Waals surface area contributed by atoms with Crippen LogP contribution in [0.5, 0.6) is 5.75 Å². The molecule has 1 fully saturated rings. The van der Waals surface area contributed by atoms with Crippen molar-refractivity contribution in [3.8, 4) is 17.2 Å². The monoisotopic (exact) mass is 301 g/mol. The molecule has 0 saturated carbocycles. The van der Waals surface area contributed by atoms with E-state index in [0.29, 0.717) is 17.6 Å². The zero-order chi connectivity index (χ0) is 15.4. The summed E-state index contributed by atoms with van der Waals surface area (Å²) >= 11 is 0. The Hall–Kier alpha value is -2.37. The normalized spacial score (nSPS) is 18.2. The van der Waals surface area contributed by atoms with E-state index in [4.69, 9.17) is 9.15 Å². The van der Waals surface area contributed by atoms with Gasteiger partial charge in [-0.2, -0.15) is 0 Å². The predicted octanol–water partition coefficient (Wildman–Crippen LogP) is 2.37. The summed E-state index contributed by atoms with van der Waals surface area (Å²) in [7, 11) is 0. The van der Waals surface area contributed by atoms with Gasteiger partial charge >= 0.3 is 0 Å². The van der Waals surface area contributed by atoms with Crippen molar-refractivity contribution in [2.24, 2.45) is 5.92 Å². The number of rotatable bonds is 4. The summed E-state index contributed by atoms with van der Waals surface area (Å²) < 4.78 is 10.7. The van der Waals surface area contributed by atoms with Crippen LogP contribution in [-0.4, -0.2) is 40.7 Å². The first-order valence-corrected chi connectivity index (χ1v) is 7.49. The highest BCUT2D eigenvalue weighted by Gasteiger charge is 2.21. The second-order valence-corrected chi connectivity index (χ2v) is 5.64. The number of nitrogens with zero attached hydrogens (tertiary/aromatic N) is 3. The third-order valence-electron chi connectivity index (χ3n) is 3.83. The van der Waals surface area contributed by atoms with Gasteiger partial charge in [0.15, 0.2) is 6.61 Å². The van der Waals surface area contributed by atoms with Gasteiger partial charge in [-0.25, -0.2) is 0 Å². The van der Waals surface area contributed by atoms with Crippen LogP contribution < -0.4 is 4.74 Å². The summed E-state index contributed by atoms with van der Waals surface area (Å²) in [5.74, 6) is 1.74. The van der Waals surface area contributed by atoms with Crippen LogP contribution >= 0.6 is 0 Å². The number of ether oxygens (including phenoxy) is 1. The Labute approximate surface area is 129 Å². The van der Waals surface area contributed by atoms with Crippen molar-refractivity contribution in [1.82, 2.24) is 15.1 Å². The van der Waals surface area contributed by atoms with Crippen molar-refractivity contribution >= 4 is 5.91 Å². The molecule has 1 aliphatic heterocycles. The lowest BCUT2D eigenvalue weighted by molar-refractivity contribution is -0.135. The van der Waals surface area contributed by atoms with Gasteiger partial charge in [-0.1, -0.05) is 6.92 Å². The van der Waals surface area contributed by atoms with Gasteiger partial charge in [0, 0.05) is 18.7 Å². The maximum atomic E-state index is 12.1. The minimum atomic E-state index is 0.0486. The van der Waals surface area contributed by atoms with Crippen LogP contribution in [0.3, 0.4) is 0 Å². The van der Waals surface area contributed by atoms with E-state index in [1.165, 1.54) is 12.8 Å². The highest BCUT2D eigenvalue weighted by molar-refractivity contribution is 5.77. The fraction of sp³-hybridized carbons (Fsp3) is 0.438. The molecule has 2 heterocycles. The minimum Gasteiger partial charge on any atom is -0.484 e. The lowest BCUT2D eigenvalue weighted by atomic mass is 10.0. The SMILES string of the molecule is CC1CCCN(C(=O)COc2ccc(-c3nnco3)cc2)C1. The molecule has 1 saturated heterocycles. The Balaban J connectivity index is 1.54. The van der Waals surface area contributed by atoms with Gasteiger partial charge in [0.2, 0.25) is 12.3 Å². The fourth-order valence-electron chi connectivity index (χ4n) is 2.64. The van der Waals surface area contributed by atoms with Crippen molar-refractivity contribution < 1.29 is 13.9 Å². The van der Waals surface area contributed by atoms with E-state index < -0.39 is 0 Å². The third kappa shape index (κ3) is 3.44. The van der Waals surface area contributed by atoms with E-state index in [-0.39, 0.29) is 12.5 Å². The molecule has 1 aromatic carbocycles. The van der Waals surface area contributed by atoms with E-state index in [2.05, 4.69) is 17.1 Å². The summed E-state index contributed by atoms with van der Waals surface area (Å²) in [6.07, 6.45) is 3.56. The van der Waals surface area contributed by atoms with Crippen LogP contribution in [0.2, 0.25) is 0 Å². The molecule has 0 bridgehead atoms. The van der Waals surface area contributed by atoms with Crippen LogP contribution in [-0.2, 0) is 4.79 Å². The maximum Gasteiger partial charge on any atom is 0.260 e. The number of amides is 1. The number of piperidine rings is 1. The number of carbonyl (C=O) groups is 1. The standard InChI is InChI=1S/C16H19N3O3/c1-12-3-2-8-19(9-12)15(20)10-21-14-6-4-13(5-7-14)16-18-17-11-22-16/h4-7,11-12H,2-3,8-10H2,1H3. The van der Waals surface area contributed by atoms with Gasteiger partial charge in [0.25, 0.3) is 5.91 Å². The van der Waals surface area contributed by atoms with Gasteiger partial charge in [-0.15, -0.1) is 10.2 Å². The first-order chi connectivity index (χ1) is 10.7. The summed E-state index contributed by atoms with van der Waals surface area (Å²) in [5.41, 5.74) is 0.820. The molecule has 6 heteroatoms. The van der Waals surface area contributed by atoms with E-state index >= 15 is 0 Å². The number of likely N-dealkylation sites (tertiary alicyclic amines) is 1. The molecule has 1 unspecified atom stereocenters. The molecule has 1 atom stereocenters. The molecule has 2 aromatic rings. The van der Waals surface area contributed by atoms with Crippen molar-refractivity contribution in [2.75, 3.05) is 19.7 Å². The lowest BCUT2D eigenvalue weighted by Crippen LogP contribution is -2.41. The zero-order valence-corrected chi connectivity index (χ0v) is 12.6. The zero-order valence-electron chi connectivity index (χ0n) is 12.6. The molecule has 6 nitrogen and oxygen atoms in total. The molecule has 3 rings (SSSR count). The van der Waals surface area contributed by atoms with Crippen molar-refractivity contribution in [1.29, 1.82) is 0 Å². The first-order valence-electron chi connectivity index (χ1n) is 7.49. The van der Waals surface area contributed by atoms with E-state index in [9.17, 15) is 4.79 Å². The number of aromatic nitrogens is 2. The van der Waals surface area contributed by atoms with Crippen LogP contribution in [0.25, 0.3) is 11.5 Å². The van der Waals surface area contributed by atoms with Crippen LogP contribution in [0.15, 0.2) is 35.1 Å². The Morgan fingerprint density at radius 1 is 1.41 bits per heavy atom. The first kappa shape index (κ1) is 14.6. The van der Waals surface area contributed by atoms with Crippen molar-refractivity contribution in [2.45, 2.75) is 19.8 Å². The minimum absolute atomic E-state index is 0.0486. The second-order valence-electron chi connectivity index (χ2n) is 5.64. The van der Waals surface area contributed by atoms with Crippen LogP contribution in [0, 0.1) is 5.92 Å². The van der Waals surface area contributed by atoms with Gasteiger partial charge < -0.3 is 14.1 Å². The van der Waals surface area contributed by atoms with Crippen molar-refractivity contribution in [3.63, 3.8) is 0 Å². The van der Waals surface area contributed by atoms with Crippen molar-refractivity contribution in [3.05, 3.63) is 30.7 Å². The highest BCUT2D eigenvalue weighted by Crippen LogP contribution is 2.20. The summed E-state index contributed by atoms with van der Waals surface area (Å²) in [4.78, 5) is 14.0. The Morgan fingerprint density at radius 3 is 2.91 bits per heavy atom. The van der Waals surface area contributed by atoms with E-state index in [1.54, 1.807) is 12.1 Å². The van der Waals surface area contributed by atoms with Crippen LogP contribution in [0.4, 0.5) is 0 Å². The average molecular weight is 301 g/mol. The van der Waals surface area contributed by atoms with Gasteiger partial charge in [-0.05, 0) is 43.0 Å². The molecule has 1 aliphatic rings. The molecular weight excluding hydrogens is 282 g/mol. The smallest absolute Gasteiger partial charge is 0.260 e. The van der Waals surface area contributed by atoms with E-state index in [0.717, 1.165) is 25.1 Å². The molecule has 0 aliphatic carbocycles. The summed E-state index contributed by atoms with van der Waals surface area (Å²) in [6.45, 7) is 3.92.